The number of piperidine rings is 1. The van der Waals surface area contributed by atoms with Crippen molar-refractivity contribution < 1.29 is 19.0 Å². The van der Waals surface area contributed by atoms with Crippen LogP contribution in [0.5, 0.6) is 0 Å². The van der Waals surface area contributed by atoms with Crippen LogP contribution in [-0.2, 0) is 9.53 Å². The first-order valence-electron chi connectivity index (χ1n) is 15.4. The van der Waals surface area contributed by atoms with Gasteiger partial charge in [-0.15, -0.1) is 0 Å². The van der Waals surface area contributed by atoms with Crippen LogP contribution in [0.3, 0.4) is 0 Å². The van der Waals surface area contributed by atoms with Crippen molar-refractivity contribution in [3.8, 4) is 17.5 Å². The molecule has 2 aromatic carbocycles. The fraction of sp³-hybridized carbons (Fsp3) is 0.469. The van der Waals surface area contributed by atoms with Gasteiger partial charge < -0.3 is 20.1 Å². The largest absolute Gasteiger partial charge is 0.384 e. The number of carbonyl (C=O) groups excluding carboxylic acids is 1. The number of hydrazine groups is 1. The second-order valence-corrected chi connectivity index (χ2v) is 11.8. The van der Waals surface area contributed by atoms with Gasteiger partial charge in [-0.1, -0.05) is 18.2 Å². The Balaban J connectivity index is 1.24. The van der Waals surface area contributed by atoms with E-state index in [4.69, 9.17) is 9.72 Å². The van der Waals surface area contributed by atoms with E-state index in [1.165, 1.54) is 18.2 Å². The molecule has 3 atom stereocenters. The lowest BCUT2D eigenvalue weighted by molar-refractivity contribution is -0.141. The lowest BCUT2D eigenvalue weighted by Gasteiger charge is -2.45. The van der Waals surface area contributed by atoms with Crippen LogP contribution in [0, 0.1) is 18.3 Å². The topological polar surface area (TPSA) is 134 Å². The summed E-state index contributed by atoms with van der Waals surface area (Å²) in [4.78, 5) is 29.8. The molecule has 3 aromatic rings. The molecule has 236 valence electrons. The van der Waals surface area contributed by atoms with Gasteiger partial charge in [-0.2, -0.15) is 15.2 Å². The number of amides is 1. The highest BCUT2D eigenvalue weighted by molar-refractivity contribution is 5.80. The number of carbonyl (C=O) groups is 1. The van der Waals surface area contributed by atoms with E-state index < -0.39 is 24.2 Å². The molecule has 1 aromatic heterocycles. The highest BCUT2D eigenvalue weighted by Crippen LogP contribution is 2.31. The third-order valence-corrected chi connectivity index (χ3v) is 8.74. The number of aromatic nitrogens is 3. The SMILES string of the molecule is Cc1cc(-c2ncnc(N(c3ccccc3)N3CCN(C4COC4)CC3)n2)c(C#N)cc1N[C@H]1CCN(C(=O)[C@H](C)O)C[C@@H]1F. The third-order valence-electron chi connectivity index (χ3n) is 8.74. The third kappa shape index (κ3) is 6.60. The van der Waals surface area contributed by atoms with Crippen molar-refractivity contribution >= 4 is 23.2 Å². The summed E-state index contributed by atoms with van der Waals surface area (Å²) in [5.74, 6) is 0.344. The molecule has 2 N–H and O–H groups in total. The number of para-hydroxylation sites is 1. The van der Waals surface area contributed by atoms with Crippen molar-refractivity contribution in [1.29, 1.82) is 5.26 Å². The zero-order valence-electron chi connectivity index (χ0n) is 25.5. The van der Waals surface area contributed by atoms with E-state index in [9.17, 15) is 15.2 Å². The average Bonchev–Trinajstić information content (AvgIpc) is 3.03. The number of aliphatic hydroxyl groups is 1. The van der Waals surface area contributed by atoms with E-state index in [0.29, 0.717) is 47.6 Å². The average molecular weight is 616 g/mol. The van der Waals surface area contributed by atoms with Crippen LogP contribution in [0.2, 0.25) is 0 Å². The second-order valence-electron chi connectivity index (χ2n) is 11.8. The number of hydrogen-bond donors (Lipinski definition) is 2. The number of alkyl halides is 1. The molecule has 45 heavy (non-hydrogen) atoms. The van der Waals surface area contributed by atoms with Crippen LogP contribution >= 0.6 is 0 Å². The predicted molar refractivity (Wildman–Crippen MR) is 166 cm³/mol. The molecule has 0 unspecified atom stereocenters. The van der Waals surface area contributed by atoms with Crippen molar-refractivity contribution in [2.24, 2.45) is 0 Å². The van der Waals surface area contributed by atoms with Crippen LogP contribution in [0.1, 0.15) is 24.5 Å². The molecule has 0 bridgehead atoms. The molecular weight excluding hydrogens is 577 g/mol. The smallest absolute Gasteiger partial charge is 0.251 e. The Kier molecular flexibility index (Phi) is 9.18. The number of rotatable bonds is 8. The number of nitriles is 1. The summed E-state index contributed by atoms with van der Waals surface area (Å²) in [6, 6.07) is 15.7. The minimum Gasteiger partial charge on any atom is -0.384 e. The Morgan fingerprint density at radius 2 is 1.91 bits per heavy atom. The first kappa shape index (κ1) is 30.8. The summed E-state index contributed by atoms with van der Waals surface area (Å²) >= 11 is 0. The van der Waals surface area contributed by atoms with E-state index in [1.54, 1.807) is 6.07 Å². The van der Waals surface area contributed by atoms with E-state index in [1.807, 2.05) is 48.3 Å². The summed E-state index contributed by atoms with van der Waals surface area (Å²) in [5.41, 5.74) is 3.26. The van der Waals surface area contributed by atoms with Crippen molar-refractivity contribution in [2.75, 3.05) is 62.8 Å². The molecule has 3 aliphatic rings. The lowest BCUT2D eigenvalue weighted by Crippen LogP contribution is -2.59. The zero-order valence-corrected chi connectivity index (χ0v) is 25.5. The van der Waals surface area contributed by atoms with E-state index >= 15 is 4.39 Å². The molecule has 3 fully saturated rings. The highest BCUT2D eigenvalue weighted by Gasteiger charge is 2.34. The number of benzene rings is 2. The van der Waals surface area contributed by atoms with Crippen LogP contribution in [0.15, 0.2) is 48.8 Å². The number of aryl methyl sites for hydroxylation is 1. The summed E-state index contributed by atoms with van der Waals surface area (Å²) in [6.07, 6.45) is -0.653. The maximum atomic E-state index is 15.1. The van der Waals surface area contributed by atoms with Gasteiger partial charge in [-0.05, 0) is 50.1 Å². The maximum Gasteiger partial charge on any atom is 0.251 e. The number of hydrogen-bond acceptors (Lipinski definition) is 11. The fourth-order valence-corrected chi connectivity index (χ4v) is 6.08. The van der Waals surface area contributed by atoms with Crippen molar-refractivity contribution in [1.82, 2.24) is 29.8 Å². The quantitative estimate of drug-likeness (QED) is 0.387. The van der Waals surface area contributed by atoms with Gasteiger partial charge in [0, 0.05) is 44.0 Å². The van der Waals surface area contributed by atoms with Crippen LogP contribution in [0.25, 0.3) is 11.4 Å². The molecule has 0 spiro atoms. The van der Waals surface area contributed by atoms with Crippen LogP contribution in [0.4, 0.5) is 21.7 Å². The molecule has 3 aliphatic heterocycles. The monoisotopic (exact) mass is 615 g/mol. The Labute approximate surface area is 262 Å². The Morgan fingerprint density at radius 3 is 2.56 bits per heavy atom. The van der Waals surface area contributed by atoms with Gasteiger partial charge in [-0.3, -0.25) is 9.69 Å². The van der Waals surface area contributed by atoms with E-state index in [0.717, 1.165) is 50.6 Å². The fourth-order valence-electron chi connectivity index (χ4n) is 6.08. The first-order chi connectivity index (χ1) is 21.8. The Hall–Kier alpha value is -4.22. The number of halogens is 1. The molecule has 3 saturated heterocycles. The van der Waals surface area contributed by atoms with E-state index in [-0.39, 0.29) is 6.54 Å². The van der Waals surface area contributed by atoms with Gasteiger partial charge in [0.25, 0.3) is 5.91 Å². The number of likely N-dealkylation sites (tertiary alicyclic amines) is 1. The number of anilines is 3. The number of nitrogens with one attached hydrogen (secondary N) is 1. The molecular formula is C32H38FN9O3. The van der Waals surface area contributed by atoms with E-state index in [2.05, 4.69) is 31.3 Å². The van der Waals surface area contributed by atoms with Gasteiger partial charge in [0.2, 0.25) is 5.95 Å². The van der Waals surface area contributed by atoms with Gasteiger partial charge in [0.15, 0.2) is 5.82 Å². The molecule has 1 amide bonds. The normalized spacial score (nSPS) is 21.9. The van der Waals surface area contributed by atoms with Gasteiger partial charge in [0.1, 0.15) is 18.6 Å². The minimum atomic E-state index is -1.33. The molecule has 0 radical (unpaired) electrons. The second kappa shape index (κ2) is 13.4. The summed E-state index contributed by atoms with van der Waals surface area (Å²) < 4.78 is 20.5. The summed E-state index contributed by atoms with van der Waals surface area (Å²) in [5, 5.41) is 27.2. The number of ether oxygens (including phenoxy) is 1. The summed E-state index contributed by atoms with van der Waals surface area (Å²) in [6.45, 7) is 8.45. The van der Waals surface area contributed by atoms with Crippen molar-refractivity contribution in [3.63, 3.8) is 0 Å². The molecule has 12 nitrogen and oxygen atoms in total. The molecule has 0 aliphatic carbocycles. The number of piperazine rings is 1. The molecule has 13 heteroatoms. The summed E-state index contributed by atoms with van der Waals surface area (Å²) in [7, 11) is 0. The molecule has 4 heterocycles. The van der Waals surface area contributed by atoms with Gasteiger partial charge >= 0.3 is 0 Å². The highest BCUT2D eigenvalue weighted by atomic mass is 19.1. The van der Waals surface area contributed by atoms with Crippen LogP contribution < -0.4 is 10.3 Å². The zero-order chi connectivity index (χ0) is 31.5. The molecule has 0 saturated carbocycles. The predicted octanol–water partition coefficient (Wildman–Crippen LogP) is 2.52. The minimum absolute atomic E-state index is 0.0980. The Bertz CT molecular complexity index is 1540. The van der Waals surface area contributed by atoms with Crippen molar-refractivity contribution in [2.45, 2.75) is 44.6 Å². The Morgan fingerprint density at radius 1 is 1.16 bits per heavy atom. The van der Waals surface area contributed by atoms with Crippen LogP contribution in [-0.4, -0.2) is 118 Å². The van der Waals surface area contributed by atoms with Gasteiger partial charge in [-0.25, -0.2) is 19.4 Å². The maximum absolute atomic E-state index is 15.1. The van der Waals surface area contributed by atoms with Gasteiger partial charge in [0.05, 0.1) is 49.2 Å². The standard InChI is InChI=1S/C32H38FN9O3/c1-21-14-26(23(16-34)15-29(21)37-28-8-9-40(17-27(28)33)31(44)22(2)43)30-35-20-36-32(38-30)42(24-6-4-3-5-7-24)41-12-10-39(11-13-41)25-18-45-19-25/h3-7,14-15,20,22,25,27-28,37,43H,8-13,17-19H2,1-2H3/t22-,27-,28-/m0/s1. The number of nitrogens with zero attached hydrogens (tertiary/aromatic N) is 8. The van der Waals surface area contributed by atoms with Crippen molar-refractivity contribution in [3.05, 3.63) is 59.9 Å². The first-order valence-corrected chi connectivity index (χ1v) is 15.4. The lowest BCUT2D eigenvalue weighted by atomic mass is 9.99. The molecule has 6 rings (SSSR count). The number of aliphatic hydroxyl groups excluding tert-OH is 1.